The fourth-order valence-electron chi connectivity index (χ4n) is 3.25. The number of morpholine rings is 1. The van der Waals surface area contributed by atoms with Crippen LogP contribution in [0.4, 0.5) is 10.7 Å². The van der Waals surface area contributed by atoms with E-state index >= 15 is 0 Å². The summed E-state index contributed by atoms with van der Waals surface area (Å²) >= 11 is 7.64. The SMILES string of the molecule is O=C(NCCN1CCOCC1)c1ccc(N2CCOc3ccc(Cl)cc32)s1. The highest BCUT2D eigenvalue weighted by atomic mass is 35.5. The van der Waals surface area contributed by atoms with Crippen LogP contribution in [0, 0.1) is 0 Å². The lowest BCUT2D eigenvalue weighted by molar-refractivity contribution is 0.0383. The van der Waals surface area contributed by atoms with E-state index in [2.05, 4.69) is 15.1 Å². The number of carbonyl (C=O) groups is 1. The van der Waals surface area contributed by atoms with E-state index in [9.17, 15) is 4.79 Å². The van der Waals surface area contributed by atoms with Crippen LogP contribution in [0.25, 0.3) is 0 Å². The van der Waals surface area contributed by atoms with Crippen LogP contribution in [-0.4, -0.2) is 63.4 Å². The fraction of sp³-hybridized carbons (Fsp3) is 0.421. The molecule has 8 heteroatoms. The van der Waals surface area contributed by atoms with Gasteiger partial charge in [-0.25, -0.2) is 0 Å². The van der Waals surface area contributed by atoms with E-state index in [1.165, 1.54) is 11.3 Å². The van der Waals surface area contributed by atoms with E-state index in [4.69, 9.17) is 21.1 Å². The van der Waals surface area contributed by atoms with Crippen molar-refractivity contribution in [3.05, 3.63) is 40.2 Å². The monoisotopic (exact) mass is 407 g/mol. The van der Waals surface area contributed by atoms with Crippen molar-refractivity contribution in [1.82, 2.24) is 10.2 Å². The lowest BCUT2D eigenvalue weighted by Crippen LogP contribution is -2.41. The summed E-state index contributed by atoms with van der Waals surface area (Å²) in [6.07, 6.45) is 0. The van der Waals surface area contributed by atoms with Crippen LogP contribution in [0.1, 0.15) is 9.67 Å². The van der Waals surface area contributed by atoms with Crippen LogP contribution in [0.2, 0.25) is 5.02 Å². The molecule has 0 aliphatic carbocycles. The van der Waals surface area contributed by atoms with Crippen LogP contribution >= 0.6 is 22.9 Å². The van der Waals surface area contributed by atoms with Gasteiger partial charge in [0, 0.05) is 31.2 Å². The fourth-order valence-corrected chi connectivity index (χ4v) is 4.38. The van der Waals surface area contributed by atoms with Gasteiger partial charge in [0.2, 0.25) is 0 Å². The molecule has 0 radical (unpaired) electrons. The molecule has 0 spiro atoms. The predicted molar refractivity (Wildman–Crippen MR) is 108 cm³/mol. The molecule has 3 heterocycles. The zero-order chi connectivity index (χ0) is 18.6. The third-order valence-electron chi connectivity index (χ3n) is 4.68. The number of fused-ring (bicyclic) bond motifs is 1. The van der Waals surface area contributed by atoms with Crippen LogP contribution in [0.5, 0.6) is 5.75 Å². The van der Waals surface area contributed by atoms with Gasteiger partial charge in [0.25, 0.3) is 5.91 Å². The van der Waals surface area contributed by atoms with Crippen molar-refractivity contribution in [2.45, 2.75) is 0 Å². The Morgan fingerprint density at radius 3 is 2.85 bits per heavy atom. The van der Waals surface area contributed by atoms with Gasteiger partial charge in [0.05, 0.1) is 35.3 Å². The molecule has 1 aromatic carbocycles. The van der Waals surface area contributed by atoms with Crippen molar-refractivity contribution in [3.8, 4) is 5.75 Å². The van der Waals surface area contributed by atoms with Crippen LogP contribution in [0.3, 0.4) is 0 Å². The van der Waals surface area contributed by atoms with E-state index in [1.54, 1.807) is 0 Å². The minimum Gasteiger partial charge on any atom is -0.490 e. The molecule has 2 aliphatic rings. The zero-order valence-corrected chi connectivity index (χ0v) is 16.5. The molecule has 6 nitrogen and oxygen atoms in total. The van der Waals surface area contributed by atoms with Crippen molar-refractivity contribution < 1.29 is 14.3 Å². The van der Waals surface area contributed by atoms with E-state index in [0.717, 1.165) is 55.8 Å². The summed E-state index contributed by atoms with van der Waals surface area (Å²) in [7, 11) is 0. The number of nitrogens with zero attached hydrogens (tertiary/aromatic N) is 2. The Morgan fingerprint density at radius 2 is 2.00 bits per heavy atom. The summed E-state index contributed by atoms with van der Waals surface area (Å²) in [5.74, 6) is 0.787. The van der Waals surface area contributed by atoms with Gasteiger partial charge in [-0.3, -0.25) is 9.69 Å². The standard InChI is InChI=1S/C19H22ClN3O3S/c20-14-1-2-16-15(13-14)23(9-12-26-16)18-4-3-17(27-18)19(24)21-5-6-22-7-10-25-11-8-22/h1-4,13H,5-12H2,(H,21,24). The highest BCUT2D eigenvalue weighted by molar-refractivity contribution is 7.18. The van der Waals surface area contributed by atoms with Crippen molar-refractivity contribution in [2.75, 3.05) is 57.4 Å². The molecule has 1 saturated heterocycles. The lowest BCUT2D eigenvalue weighted by atomic mass is 10.2. The van der Waals surface area contributed by atoms with Gasteiger partial charge in [-0.15, -0.1) is 11.3 Å². The summed E-state index contributed by atoms with van der Waals surface area (Å²) in [5, 5.41) is 4.70. The van der Waals surface area contributed by atoms with Crippen molar-refractivity contribution >= 4 is 39.5 Å². The Morgan fingerprint density at radius 1 is 1.15 bits per heavy atom. The number of nitrogens with one attached hydrogen (secondary N) is 1. The second kappa shape index (κ2) is 8.48. The Hall–Kier alpha value is -1.80. The molecule has 27 heavy (non-hydrogen) atoms. The maximum absolute atomic E-state index is 12.5. The first-order valence-corrected chi connectivity index (χ1v) is 10.3. The van der Waals surface area contributed by atoms with E-state index in [0.29, 0.717) is 23.1 Å². The number of thiophene rings is 1. The van der Waals surface area contributed by atoms with Crippen molar-refractivity contribution in [1.29, 1.82) is 0 Å². The molecule has 0 atom stereocenters. The van der Waals surface area contributed by atoms with Crippen LogP contribution in [-0.2, 0) is 4.74 Å². The number of halogens is 1. The van der Waals surface area contributed by atoms with Crippen molar-refractivity contribution in [3.63, 3.8) is 0 Å². The molecular weight excluding hydrogens is 386 g/mol. The maximum atomic E-state index is 12.5. The molecule has 4 rings (SSSR count). The summed E-state index contributed by atoms with van der Waals surface area (Å²) in [5.41, 5.74) is 0.940. The number of anilines is 2. The molecular formula is C19H22ClN3O3S. The predicted octanol–water partition coefficient (Wildman–Crippen LogP) is 2.99. The number of benzene rings is 1. The summed E-state index contributed by atoms with van der Waals surface area (Å²) < 4.78 is 11.0. The molecule has 0 saturated carbocycles. The van der Waals surface area contributed by atoms with Gasteiger partial charge in [-0.2, -0.15) is 0 Å². The molecule has 0 unspecified atom stereocenters. The molecule has 2 aliphatic heterocycles. The topological polar surface area (TPSA) is 54.0 Å². The van der Waals surface area contributed by atoms with Gasteiger partial charge >= 0.3 is 0 Å². The Balaban J connectivity index is 1.38. The first-order valence-electron chi connectivity index (χ1n) is 9.09. The average molecular weight is 408 g/mol. The number of rotatable bonds is 5. The molecule has 1 aromatic heterocycles. The second-order valence-corrected chi connectivity index (χ2v) is 7.96. The smallest absolute Gasteiger partial charge is 0.261 e. The molecule has 1 fully saturated rings. The molecule has 1 amide bonds. The summed E-state index contributed by atoms with van der Waals surface area (Å²) in [4.78, 5) is 17.6. The molecule has 144 valence electrons. The number of amides is 1. The summed E-state index contributed by atoms with van der Waals surface area (Å²) in [6.45, 7) is 6.22. The van der Waals surface area contributed by atoms with E-state index < -0.39 is 0 Å². The van der Waals surface area contributed by atoms with E-state index in [-0.39, 0.29) is 5.91 Å². The second-order valence-electron chi connectivity index (χ2n) is 6.46. The Bertz CT molecular complexity index is 807. The number of ether oxygens (including phenoxy) is 2. The van der Waals surface area contributed by atoms with E-state index in [1.807, 2.05) is 30.3 Å². The van der Waals surface area contributed by atoms with Crippen molar-refractivity contribution in [2.24, 2.45) is 0 Å². The first-order chi connectivity index (χ1) is 13.2. The number of hydrogen-bond donors (Lipinski definition) is 1. The quantitative estimate of drug-likeness (QED) is 0.825. The third kappa shape index (κ3) is 4.38. The molecule has 2 aromatic rings. The summed E-state index contributed by atoms with van der Waals surface area (Å²) in [6, 6.07) is 9.47. The number of carbonyl (C=O) groups excluding carboxylic acids is 1. The highest BCUT2D eigenvalue weighted by Crippen LogP contribution is 2.40. The maximum Gasteiger partial charge on any atom is 0.261 e. The van der Waals surface area contributed by atoms with Gasteiger partial charge < -0.3 is 19.7 Å². The Labute approximate surface area is 167 Å². The van der Waals surface area contributed by atoms with Crippen LogP contribution in [0.15, 0.2) is 30.3 Å². The largest absolute Gasteiger partial charge is 0.490 e. The molecule has 0 bridgehead atoms. The number of hydrogen-bond acceptors (Lipinski definition) is 6. The zero-order valence-electron chi connectivity index (χ0n) is 14.9. The van der Waals surface area contributed by atoms with Crippen LogP contribution < -0.4 is 15.0 Å². The van der Waals surface area contributed by atoms with Gasteiger partial charge in [0.15, 0.2) is 0 Å². The molecule has 1 N–H and O–H groups in total. The van der Waals surface area contributed by atoms with Gasteiger partial charge in [-0.05, 0) is 30.3 Å². The lowest BCUT2D eigenvalue weighted by Gasteiger charge is -2.30. The first kappa shape index (κ1) is 18.6. The third-order valence-corrected chi connectivity index (χ3v) is 6.03. The normalized spacial score (nSPS) is 17.3. The van der Waals surface area contributed by atoms with Gasteiger partial charge in [0.1, 0.15) is 12.4 Å². The minimum absolute atomic E-state index is 0.0286. The Kier molecular flexibility index (Phi) is 5.83. The average Bonchev–Trinajstić information content (AvgIpc) is 3.18. The highest BCUT2D eigenvalue weighted by Gasteiger charge is 2.22. The minimum atomic E-state index is -0.0286. The van der Waals surface area contributed by atoms with Gasteiger partial charge in [-0.1, -0.05) is 11.6 Å².